The van der Waals surface area contributed by atoms with E-state index in [4.69, 9.17) is 5.73 Å². The van der Waals surface area contributed by atoms with Crippen molar-refractivity contribution in [1.82, 2.24) is 9.80 Å². The first-order valence-corrected chi connectivity index (χ1v) is 7.17. The number of piperazine rings is 1. The van der Waals surface area contributed by atoms with Gasteiger partial charge < -0.3 is 10.6 Å². The molecule has 0 radical (unpaired) electrons. The Balaban J connectivity index is 1.63. The molecule has 0 spiro atoms. The quantitative estimate of drug-likeness (QED) is 0.842. The Morgan fingerprint density at radius 3 is 2.11 bits per heavy atom. The van der Waals surface area contributed by atoms with Gasteiger partial charge in [-0.15, -0.1) is 0 Å². The average Bonchev–Trinajstić information content (AvgIpc) is 2.43. The third-order valence-electron chi connectivity index (χ3n) is 3.76. The van der Waals surface area contributed by atoms with E-state index in [1.807, 2.05) is 12.1 Å². The van der Waals surface area contributed by atoms with Gasteiger partial charge in [0.05, 0.1) is 0 Å². The largest absolute Gasteiger partial charge is 0.329 e. The maximum Gasteiger partial charge on any atom is 0.123 e. The SMILES string of the molecule is NCCN1CCN(CCCc2ccc(F)cc2)CC1. The fourth-order valence-corrected chi connectivity index (χ4v) is 2.58. The van der Waals surface area contributed by atoms with Gasteiger partial charge in [0, 0.05) is 39.3 Å². The van der Waals surface area contributed by atoms with Gasteiger partial charge in [0.25, 0.3) is 0 Å². The first-order chi connectivity index (χ1) is 9.28. The van der Waals surface area contributed by atoms with Crippen molar-refractivity contribution in [3.63, 3.8) is 0 Å². The molecular formula is C15H24FN3. The van der Waals surface area contributed by atoms with Crippen LogP contribution in [0.5, 0.6) is 0 Å². The number of halogens is 1. The van der Waals surface area contributed by atoms with Gasteiger partial charge in [0.15, 0.2) is 0 Å². The van der Waals surface area contributed by atoms with Crippen molar-refractivity contribution in [2.45, 2.75) is 12.8 Å². The highest BCUT2D eigenvalue weighted by Crippen LogP contribution is 2.07. The third kappa shape index (κ3) is 4.90. The molecule has 0 unspecified atom stereocenters. The van der Waals surface area contributed by atoms with Crippen molar-refractivity contribution >= 4 is 0 Å². The van der Waals surface area contributed by atoms with E-state index in [1.165, 1.54) is 5.56 Å². The molecule has 19 heavy (non-hydrogen) atoms. The number of rotatable bonds is 6. The van der Waals surface area contributed by atoms with E-state index in [0.29, 0.717) is 0 Å². The number of hydrogen-bond donors (Lipinski definition) is 1. The summed E-state index contributed by atoms with van der Waals surface area (Å²) in [6.45, 7) is 7.45. The van der Waals surface area contributed by atoms with Crippen molar-refractivity contribution in [3.05, 3.63) is 35.6 Å². The van der Waals surface area contributed by atoms with E-state index >= 15 is 0 Å². The molecule has 1 heterocycles. The van der Waals surface area contributed by atoms with Gasteiger partial charge in [-0.05, 0) is 37.1 Å². The number of nitrogens with two attached hydrogens (primary N) is 1. The molecule has 0 bridgehead atoms. The fraction of sp³-hybridized carbons (Fsp3) is 0.600. The molecule has 1 aliphatic heterocycles. The molecule has 4 heteroatoms. The molecule has 1 aliphatic rings. The summed E-state index contributed by atoms with van der Waals surface area (Å²) in [6.07, 6.45) is 2.17. The van der Waals surface area contributed by atoms with Crippen LogP contribution in [0.1, 0.15) is 12.0 Å². The molecule has 0 atom stereocenters. The van der Waals surface area contributed by atoms with Crippen LogP contribution in [-0.4, -0.2) is 55.6 Å². The van der Waals surface area contributed by atoms with Crippen molar-refractivity contribution in [2.75, 3.05) is 45.8 Å². The van der Waals surface area contributed by atoms with E-state index in [0.717, 1.165) is 58.7 Å². The second kappa shape index (κ2) is 7.58. The Hall–Kier alpha value is -0.970. The zero-order valence-corrected chi connectivity index (χ0v) is 11.5. The van der Waals surface area contributed by atoms with Crippen LogP contribution in [0.15, 0.2) is 24.3 Å². The molecule has 0 amide bonds. The second-order valence-electron chi connectivity index (χ2n) is 5.20. The van der Waals surface area contributed by atoms with Gasteiger partial charge in [-0.1, -0.05) is 12.1 Å². The molecule has 2 N–H and O–H groups in total. The summed E-state index contributed by atoms with van der Waals surface area (Å²) in [5.41, 5.74) is 6.79. The number of nitrogens with zero attached hydrogens (tertiary/aromatic N) is 2. The maximum absolute atomic E-state index is 12.8. The molecule has 0 aromatic heterocycles. The predicted octanol–water partition coefficient (Wildman–Crippen LogP) is 1.33. The maximum atomic E-state index is 12.8. The highest BCUT2D eigenvalue weighted by molar-refractivity contribution is 5.15. The van der Waals surface area contributed by atoms with E-state index in [9.17, 15) is 4.39 Å². The fourth-order valence-electron chi connectivity index (χ4n) is 2.58. The minimum Gasteiger partial charge on any atom is -0.329 e. The topological polar surface area (TPSA) is 32.5 Å². The predicted molar refractivity (Wildman–Crippen MR) is 76.7 cm³/mol. The summed E-state index contributed by atoms with van der Waals surface area (Å²) in [5.74, 6) is -0.153. The van der Waals surface area contributed by atoms with Gasteiger partial charge >= 0.3 is 0 Å². The minimum absolute atomic E-state index is 0.153. The monoisotopic (exact) mass is 265 g/mol. The van der Waals surface area contributed by atoms with Gasteiger partial charge in [-0.3, -0.25) is 4.90 Å². The molecule has 106 valence electrons. The van der Waals surface area contributed by atoms with E-state index in [2.05, 4.69) is 9.80 Å². The lowest BCUT2D eigenvalue weighted by Gasteiger charge is -2.34. The zero-order chi connectivity index (χ0) is 13.5. The molecule has 0 aliphatic carbocycles. The van der Waals surface area contributed by atoms with Crippen LogP contribution in [0.4, 0.5) is 4.39 Å². The van der Waals surface area contributed by atoms with Gasteiger partial charge in [0.2, 0.25) is 0 Å². The Kier molecular flexibility index (Phi) is 5.76. The first-order valence-electron chi connectivity index (χ1n) is 7.17. The Bertz CT molecular complexity index is 358. The van der Waals surface area contributed by atoms with Crippen LogP contribution in [0, 0.1) is 5.82 Å². The average molecular weight is 265 g/mol. The Morgan fingerprint density at radius 2 is 1.53 bits per heavy atom. The molecule has 3 nitrogen and oxygen atoms in total. The van der Waals surface area contributed by atoms with Crippen molar-refractivity contribution in [1.29, 1.82) is 0 Å². The molecule has 1 aromatic carbocycles. The summed E-state index contributed by atoms with van der Waals surface area (Å²) in [7, 11) is 0. The molecule has 1 saturated heterocycles. The molecule has 0 saturated carbocycles. The van der Waals surface area contributed by atoms with Crippen molar-refractivity contribution in [2.24, 2.45) is 5.73 Å². The number of aryl methyl sites for hydroxylation is 1. The molecule has 1 aromatic rings. The summed E-state index contributed by atoms with van der Waals surface area (Å²) in [5, 5.41) is 0. The van der Waals surface area contributed by atoms with E-state index in [-0.39, 0.29) is 5.82 Å². The molecule has 1 fully saturated rings. The highest BCUT2D eigenvalue weighted by Gasteiger charge is 2.15. The van der Waals surface area contributed by atoms with E-state index in [1.54, 1.807) is 12.1 Å². The first kappa shape index (κ1) is 14.4. The number of hydrogen-bond acceptors (Lipinski definition) is 3. The van der Waals surface area contributed by atoms with Crippen molar-refractivity contribution in [3.8, 4) is 0 Å². The lowest BCUT2D eigenvalue weighted by molar-refractivity contribution is 0.134. The second-order valence-corrected chi connectivity index (χ2v) is 5.20. The van der Waals surface area contributed by atoms with Gasteiger partial charge in [-0.25, -0.2) is 4.39 Å². The van der Waals surface area contributed by atoms with E-state index < -0.39 is 0 Å². The van der Waals surface area contributed by atoms with Crippen LogP contribution in [-0.2, 0) is 6.42 Å². The minimum atomic E-state index is -0.153. The standard InChI is InChI=1S/C15H24FN3/c16-15-5-3-14(4-6-15)2-1-8-18-10-12-19(9-7-17)13-11-18/h3-6H,1-2,7-13,17H2. The smallest absolute Gasteiger partial charge is 0.123 e. The Morgan fingerprint density at radius 1 is 0.947 bits per heavy atom. The van der Waals surface area contributed by atoms with Gasteiger partial charge in [-0.2, -0.15) is 0 Å². The van der Waals surface area contributed by atoms with Crippen molar-refractivity contribution < 1.29 is 4.39 Å². The lowest BCUT2D eigenvalue weighted by atomic mass is 10.1. The zero-order valence-electron chi connectivity index (χ0n) is 11.5. The normalized spacial score (nSPS) is 17.8. The molecular weight excluding hydrogens is 241 g/mol. The highest BCUT2D eigenvalue weighted by atomic mass is 19.1. The number of benzene rings is 1. The van der Waals surface area contributed by atoms with Crippen LogP contribution in [0.3, 0.4) is 0 Å². The lowest BCUT2D eigenvalue weighted by Crippen LogP contribution is -2.47. The summed E-state index contributed by atoms with van der Waals surface area (Å²) >= 11 is 0. The third-order valence-corrected chi connectivity index (χ3v) is 3.76. The Labute approximate surface area is 115 Å². The van der Waals surface area contributed by atoms with Gasteiger partial charge in [0.1, 0.15) is 5.82 Å². The molecule has 2 rings (SSSR count). The van der Waals surface area contributed by atoms with Crippen LogP contribution >= 0.6 is 0 Å². The summed E-state index contributed by atoms with van der Waals surface area (Å²) in [4.78, 5) is 4.94. The van der Waals surface area contributed by atoms with Crippen LogP contribution in [0.2, 0.25) is 0 Å². The summed E-state index contributed by atoms with van der Waals surface area (Å²) < 4.78 is 12.8. The van der Waals surface area contributed by atoms with Crippen LogP contribution in [0.25, 0.3) is 0 Å². The summed E-state index contributed by atoms with van der Waals surface area (Å²) in [6, 6.07) is 6.85. The van der Waals surface area contributed by atoms with Crippen LogP contribution < -0.4 is 5.73 Å².